The molecule has 1 atom stereocenters. The molecular weight excluding hydrogens is 264 g/mol. The predicted molar refractivity (Wildman–Crippen MR) is 85.4 cm³/mol. The van der Waals surface area contributed by atoms with Crippen LogP contribution in [-0.2, 0) is 4.74 Å². The van der Waals surface area contributed by atoms with Gasteiger partial charge >= 0.3 is 0 Å². The SMILES string of the molecule is COCCN(c1nc2ccccc2nc1N)C(C)C1CC1. The van der Waals surface area contributed by atoms with Crippen LogP contribution in [0.2, 0.25) is 0 Å². The molecule has 0 bridgehead atoms. The molecule has 21 heavy (non-hydrogen) atoms. The van der Waals surface area contributed by atoms with Gasteiger partial charge in [-0.1, -0.05) is 12.1 Å². The maximum absolute atomic E-state index is 6.16. The van der Waals surface area contributed by atoms with Crippen LogP contribution in [0.3, 0.4) is 0 Å². The van der Waals surface area contributed by atoms with Gasteiger partial charge in [-0.25, -0.2) is 9.97 Å². The Balaban J connectivity index is 1.98. The van der Waals surface area contributed by atoms with E-state index in [0.717, 1.165) is 29.3 Å². The second-order valence-corrected chi connectivity index (χ2v) is 5.69. The first-order valence-corrected chi connectivity index (χ1v) is 7.48. The third kappa shape index (κ3) is 2.93. The van der Waals surface area contributed by atoms with Gasteiger partial charge in [0.1, 0.15) is 0 Å². The molecule has 0 amide bonds. The molecule has 0 radical (unpaired) electrons. The number of nitrogens with two attached hydrogens (primary N) is 1. The number of aromatic nitrogens is 2. The Morgan fingerprint density at radius 1 is 1.29 bits per heavy atom. The van der Waals surface area contributed by atoms with Crippen molar-refractivity contribution in [1.82, 2.24) is 9.97 Å². The molecule has 1 aromatic carbocycles. The zero-order valence-corrected chi connectivity index (χ0v) is 12.6. The Labute approximate surface area is 125 Å². The molecule has 1 unspecified atom stereocenters. The molecular formula is C16H22N4O. The summed E-state index contributed by atoms with van der Waals surface area (Å²) in [6.45, 7) is 3.68. The smallest absolute Gasteiger partial charge is 0.172 e. The van der Waals surface area contributed by atoms with Crippen LogP contribution in [0, 0.1) is 5.92 Å². The molecule has 1 heterocycles. The predicted octanol–water partition coefficient (Wildman–Crippen LogP) is 2.46. The quantitative estimate of drug-likeness (QED) is 0.883. The molecule has 0 saturated heterocycles. The van der Waals surface area contributed by atoms with Crippen molar-refractivity contribution in [2.45, 2.75) is 25.8 Å². The molecule has 3 rings (SSSR count). The van der Waals surface area contributed by atoms with Crippen molar-refractivity contribution >= 4 is 22.7 Å². The van der Waals surface area contributed by atoms with E-state index in [9.17, 15) is 0 Å². The number of anilines is 2. The molecule has 112 valence electrons. The van der Waals surface area contributed by atoms with Crippen LogP contribution >= 0.6 is 0 Å². The lowest BCUT2D eigenvalue weighted by molar-refractivity contribution is 0.202. The van der Waals surface area contributed by atoms with Crippen LogP contribution in [0.5, 0.6) is 0 Å². The van der Waals surface area contributed by atoms with Gasteiger partial charge in [-0.05, 0) is 37.8 Å². The molecule has 1 saturated carbocycles. The summed E-state index contributed by atoms with van der Waals surface area (Å²) in [5, 5.41) is 0. The first-order valence-electron chi connectivity index (χ1n) is 7.48. The van der Waals surface area contributed by atoms with Crippen LogP contribution in [0.15, 0.2) is 24.3 Å². The van der Waals surface area contributed by atoms with Crippen LogP contribution < -0.4 is 10.6 Å². The number of ether oxygens (including phenoxy) is 1. The van der Waals surface area contributed by atoms with E-state index in [4.69, 9.17) is 15.5 Å². The van der Waals surface area contributed by atoms with Crippen LogP contribution in [-0.4, -0.2) is 36.3 Å². The molecule has 2 N–H and O–H groups in total. The lowest BCUT2D eigenvalue weighted by Crippen LogP contribution is -2.38. The van der Waals surface area contributed by atoms with Crippen molar-refractivity contribution < 1.29 is 4.74 Å². The topological polar surface area (TPSA) is 64.3 Å². The van der Waals surface area contributed by atoms with Gasteiger partial charge in [0.15, 0.2) is 11.6 Å². The minimum Gasteiger partial charge on any atom is -0.383 e. The number of nitrogens with zero attached hydrogens (tertiary/aromatic N) is 3. The fourth-order valence-electron chi connectivity index (χ4n) is 2.74. The van der Waals surface area contributed by atoms with E-state index in [1.807, 2.05) is 24.3 Å². The van der Waals surface area contributed by atoms with E-state index in [1.54, 1.807) is 7.11 Å². The minimum atomic E-state index is 0.415. The van der Waals surface area contributed by atoms with Gasteiger partial charge in [0.05, 0.1) is 17.6 Å². The number of fused-ring (bicyclic) bond motifs is 1. The molecule has 2 aromatic rings. The summed E-state index contributed by atoms with van der Waals surface area (Å²) in [4.78, 5) is 11.5. The molecule has 0 spiro atoms. The Morgan fingerprint density at radius 3 is 2.57 bits per heavy atom. The van der Waals surface area contributed by atoms with Crippen LogP contribution in [0.25, 0.3) is 11.0 Å². The van der Waals surface area contributed by atoms with Crippen LogP contribution in [0.4, 0.5) is 11.6 Å². The second-order valence-electron chi connectivity index (χ2n) is 5.69. The third-order valence-electron chi connectivity index (χ3n) is 4.18. The average molecular weight is 286 g/mol. The van der Waals surface area contributed by atoms with Crippen molar-refractivity contribution in [2.24, 2.45) is 5.92 Å². The van der Waals surface area contributed by atoms with Gasteiger partial charge in [-0.3, -0.25) is 0 Å². The highest BCUT2D eigenvalue weighted by atomic mass is 16.5. The number of hydrogen-bond donors (Lipinski definition) is 1. The minimum absolute atomic E-state index is 0.415. The first kappa shape index (κ1) is 14.1. The van der Waals surface area contributed by atoms with E-state index < -0.39 is 0 Å². The van der Waals surface area contributed by atoms with E-state index in [-0.39, 0.29) is 0 Å². The largest absolute Gasteiger partial charge is 0.383 e. The average Bonchev–Trinajstić information content (AvgIpc) is 3.32. The lowest BCUT2D eigenvalue weighted by atomic mass is 10.2. The summed E-state index contributed by atoms with van der Waals surface area (Å²) < 4.78 is 5.24. The van der Waals surface area contributed by atoms with Crippen molar-refractivity contribution in [1.29, 1.82) is 0 Å². The van der Waals surface area contributed by atoms with Crippen LogP contribution in [0.1, 0.15) is 19.8 Å². The number of benzene rings is 1. The molecule has 1 aliphatic rings. The summed E-state index contributed by atoms with van der Waals surface area (Å²) in [5.74, 6) is 2.01. The molecule has 5 heteroatoms. The van der Waals surface area contributed by atoms with Gasteiger partial charge < -0.3 is 15.4 Å². The zero-order valence-electron chi connectivity index (χ0n) is 12.6. The van der Waals surface area contributed by atoms with E-state index in [0.29, 0.717) is 18.5 Å². The standard InChI is InChI=1S/C16H22N4O/c1-11(12-7-8-12)20(9-10-21-2)16-15(17)18-13-5-3-4-6-14(13)19-16/h3-6,11-12H,7-10H2,1-2H3,(H2,17,18). The molecule has 0 aliphatic heterocycles. The van der Waals surface area contributed by atoms with Crippen molar-refractivity contribution in [3.05, 3.63) is 24.3 Å². The number of hydrogen-bond acceptors (Lipinski definition) is 5. The fourth-order valence-corrected chi connectivity index (χ4v) is 2.74. The number of para-hydroxylation sites is 2. The highest BCUT2D eigenvalue weighted by Crippen LogP contribution is 2.37. The Hall–Kier alpha value is -1.88. The molecule has 1 fully saturated rings. The van der Waals surface area contributed by atoms with Gasteiger partial charge in [-0.2, -0.15) is 0 Å². The Kier molecular flexibility index (Phi) is 3.92. The maximum Gasteiger partial charge on any atom is 0.172 e. The maximum atomic E-state index is 6.16. The monoisotopic (exact) mass is 286 g/mol. The van der Waals surface area contributed by atoms with Crippen molar-refractivity contribution in [3.63, 3.8) is 0 Å². The summed E-state index contributed by atoms with van der Waals surface area (Å²) in [7, 11) is 1.72. The van der Waals surface area contributed by atoms with E-state index in [2.05, 4.69) is 16.8 Å². The summed E-state index contributed by atoms with van der Waals surface area (Å²) in [5.41, 5.74) is 7.88. The lowest BCUT2D eigenvalue weighted by Gasteiger charge is -2.31. The fraction of sp³-hybridized carbons (Fsp3) is 0.500. The highest BCUT2D eigenvalue weighted by Gasteiger charge is 2.33. The molecule has 1 aromatic heterocycles. The zero-order chi connectivity index (χ0) is 14.8. The highest BCUT2D eigenvalue weighted by molar-refractivity contribution is 5.79. The summed E-state index contributed by atoms with van der Waals surface area (Å²) >= 11 is 0. The second kappa shape index (κ2) is 5.85. The van der Waals surface area contributed by atoms with Crippen molar-refractivity contribution in [2.75, 3.05) is 30.9 Å². The van der Waals surface area contributed by atoms with E-state index >= 15 is 0 Å². The van der Waals surface area contributed by atoms with Crippen molar-refractivity contribution in [3.8, 4) is 0 Å². The Bertz CT molecular complexity index is 627. The van der Waals surface area contributed by atoms with Gasteiger partial charge in [0, 0.05) is 19.7 Å². The van der Waals surface area contributed by atoms with E-state index in [1.165, 1.54) is 12.8 Å². The van der Waals surface area contributed by atoms with Gasteiger partial charge in [-0.15, -0.1) is 0 Å². The molecule has 1 aliphatic carbocycles. The molecule has 5 nitrogen and oxygen atoms in total. The normalized spacial score (nSPS) is 16.1. The number of rotatable bonds is 6. The van der Waals surface area contributed by atoms with Gasteiger partial charge in [0.25, 0.3) is 0 Å². The third-order valence-corrected chi connectivity index (χ3v) is 4.18. The Morgan fingerprint density at radius 2 is 1.95 bits per heavy atom. The first-order chi connectivity index (χ1) is 10.2. The summed E-state index contributed by atoms with van der Waals surface area (Å²) in [6, 6.07) is 8.25. The number of methoxy groups -OCH3 is 1. The van der Waals surface area contributed by atoms with Gasteiger partial charge in [0.2, 0.25) is 0 Å². The number of nitrogen functional groups attached to an aromatic ring is 1. The summed E-state index contributed by atoms with van der Waals surface area (Å²) in [6.07, 6.45) is 2.57.